The molecule has 4 aromatic rings. The fraction of sp³-hybridized carbons (Fsp3) is 0.278. The molecule has 0 spiro atoms. The molecule has 11 heteroatoms. The molecule has 2 amide bonds. The molecule has 248 valence electrons. The molecule has 0 bridgehead atoms. The lowest BCUT2D eigenvalue weighted by molar-refractivity contribution is -0.140. The highest BCUT2D eigenvalue weighted by Gasteiger charge is 2.35. The lowest BCUT2D eigenvalue weighted by Gasteiger charge is -2.34. The van der Waals surface area contributed by atoms with Gasteiger partial charge in [-0.2, -0.15) is 0 Å². The highest BCUT2D eigenvalue weighted by Crippen LogP contribution is 2.31. The van der Waals surface area contributed by atoms with E-state index in [1.807, 2.05) is 51.1 Å². The van der Waals surface area contributed by atoms with Gasteiger partial charge in [-0.1, -0.05) is 84.8 Å². The summed E-state index contributed by atoms with van der Waals surface area (Å²) < 4.78 is 35.4. The monoisotopic (exact) mass is 739 g/mol. The van der Waals surface area contributed by atoms with E-state index in [2.05, 4.69) is 21.2 Å². The van der Waals surface area contributed by atoms with Crippen molar-refractivity contribution in [3.05, 3.63) is 123 Å². The van der Waals surface area contributed by atoms with Crippen LogP contribution in [-0.2, 0) is 32.6 Å². The number of hydrogen-bond donors (Lipinski definition) is 1. The van der Waals surface area contributed by atoms with Crippen molar-refractivity contribution < 1.29 is 22.7 Å². The molecule has 0 aliphatic heterocycles. The second kappa shape index (κ2) is 16.3. The third kappa shape index (κ3) is 9.15. The third-order valence-corrected chi connectivity index (χ3v) is 10.6. The molecule has 47 heavy (non-hydrogen) atoms. The van der Waals surface area contributed by atoms with E-state index in [9.17, 15) is 18.0 Å². The average Bonchev–Trinajstić information content (AvgIpc) is 3.06. The number of carbonyl (C=O) groups is 2. The first kappa shape index (κ1) is 36.0. The SMILES string of the molecule is CC[C@@H](C)NC(=O)[C@@H](Cc1ccccc1)N(Cc1ccccc1Cl)C(=O)CN(c1ccc(C)cc1)S(=O)(=O)c1ccc(OC)c(Br)c1. The Hall–Kier alpha value is -3.86. The minimum atomic E-state index is -4.28. The molecule has 8 nitrogen and oxygen atoms in total. The summed E-state index contributed by atoms with van der Waals surface area (Å²) in [6.07, 6.45) is 0.904. The minimum absolute atomic E-state index is 0.0141. The molecular weight excluding hydrogens is 702 g/mol. The molecule has 0 fully saturated rings. The molecule has 0 aliphatic carbocycles. The van der Waals surface area contributed by atoms with Crippen LogP contribution in [0.4, 0.5) is 5.69 Å². The molecule has 1 N–H and O–H groups in total. The summed E-state index contributed by atoms with van der Waals surface area (Å²) in [7, 11) is -2.79. The van der Waals surface area contributed by atoms with Gasteiger partial charge in [-0.05, 0) is 83.7 Å². The maximum Gasteiger partial charge on any atom is 0.264 e. The van der Waals surface area contributed by atoms with Crippen molar-refractivity contribution in [3.63, 3.8) is 0 Å². The Morgan fingerprint density at radius 3 is 2.23 bits per heavy atom. The third-order valence-electron chi connectivity index (χ3n) is 7.88. The summed E-state index contributed by atoms with van der Waals surface area (Å²) in [6.45, 7) is 5.17. The summed E-state index contributed by atoms with van der Waals surface area (Å²) in [5.74, 6) is -0.446. The largest absolute Gasteiger partial charge is 0.496 e. The number of sulfonamides is 1. The van der Waals surface area contributed by atoms with Crippen molar-refractivity contribution in [2.24, 2.45) is 0 Å². The number of carbonyl (C=O) groups excluding carboxylic acids is 2. The van der Waals surface area contributed by atoms with Gasteiger partial charge in [0.25, 0.3) is 10.0 Å². The highest BCUT2D eigenvalue weighted by molar-refractivity contribution is 9.10. The van der Waals surface area contributed by atoms with Gasteiger partial charge in [0.05, 0.1) is 22.2 Å². The first-order valence-electron chi connectivity index (χ1n) is 15.2. The van der Waals surface area contributed by atoms with Gasteiger partial charge < -0.3 is 15.0 Å². The van der Waals surface area contributed by atoms with Crippen LogP contribution >= 0.6 is 27.5 Å². The van der Waals surface area contributed by atoms with Gasteiger partial charge >= 0.3 is 0 Å². The van der Waals surface area contributed by atoms with Gasteiger partial charge in [-0.3, -0.25) is 13.9 Å². The Bertz CT molecular complexity index is 1790. The fourth-order valence-corrected chi connectivity index (χ4v) is 7.31. The van der Waals surface area contributed by atoms with Crippen molar-refractivity contribution in [1.29, 1.82) is 0 Å². The fourth-order valence-electron chi connectivity index (χ4n) is 4.98. The zero-order valence-corrected chi connectivity index (χ0v) is 30.0. The van der Waals surface area contributed by atoms with E-state index in [0.29, 0.717) is 32.9 Å². The molecule has 4 aromatic carbocycles. The Morgan fingerprint density at radius 1 is 0.957 bits per heavy atom. The van der Waals surface area contributed by atoms with Crippen LogP contribution in [0.2, 0.25) is 5.02 Å². The first-order valence-corrected chi connectivity index (χ1v) is 17.9. The predicted octanol–water partition coefficient (Wildman–Crippen LogP) is 7.17. The summed E-state index contributed by atoms with van der Waals surface area (Å²) in [4.78, 5) is 30.0. The number of rotatable bonds is 14. The quantitative estimate of drug-likeness (QED) is 0.148. The number of benzene rings is 4. The molecule has 0 unspecified atom stereocenters. The van der Waals surface area contributed by atoms with Gasteiger partial charge in [-0.15, -0.1) is 0 Å². The van der Waals surface area contributed by atoms with Crippen LogP contribution in [0.3, 0.4) is 0 Å². The van der Waals surface area contributed by atoms with Crippen molar-refractivity contribution >= 4 is 55.1 Å². The van der Waals surface area contributed by atoms with Gasteiger partial charge in [-0.25, -0.2) is 8.42 Å². The van der Waals surface area contributed by atoms with Crippen LogP contribution in [0.5, 0.6) is 5.75 Å². The Kier molecular flexibility index (Phi) is 12.5. The number of amides is 2. The van der Waals surface area contributed by atoms with Gasteiger partial charge in [0, 0.05) is 24.0 Å². The highest BCUT2D eigenvalue weighted by atomic mass is 79.9. The van der Waals surface area contributed by atoms with E-state index in [1.54, 1.807) is 54.6 Å². The van der Waals surface area contributed by atoms with Crippen LogP contribution in [0.15, 0.2) is 106 Å². The van der Waals surface area contributed by atoms with Crippen molar-refractivity contribution in [3.8, 4) is 5.75 Å². The van der Waals surface area contributed by atoms with E-state index in [-0.39, 0.29) is 29.8 Å². The lowest BCUT2D eigenvalue weighted by atomic mass is 10.0. The van der Waals surface area contributed by atoms with Crippen LogP contribution < -0.4 is 14.4 Å². The average molecular weight is 741 g/mol. The zero-order chi connectivity index (χ0) is 34.1. The number of methoxy groups -OCH3 is 1. The normalized spacial score (nSPS) is 12.6. The van der Waals surface area contributed by atoms with Gasteiger partial charge in [0.1, 0.15) is 18.3 Å². The number of nitrogens with one attached hydrogen (secondary N) is 1. The Labute approximate surface area is 290 Å². The second-order valence-electron chi connectivity index (χ2n) is 11.3. The predicted molar refractivity (Wildman–Crippen MR) is 190 cm³/mol. The number of nitrogens with zero attached hydrogens (tertiary/aromatic N) is 2. The molecule has 0 aromatic heterocycles. The summed E-state index contributed by atoms with van der Waals surface area (Å²) in [5, 5.41) is 3.46. The standard InChI is InChI=1S/C36H39BrClN3O5S/c1-5-26(3)39-36(43)33(21-27-11-7-6-8-12-27)40(23-28-13-9-10-14-32(28)38)35(42)24-41(29-17-15-25(2)16-18-29)47(44,45)30-19-20-34(46-4)31(37)22-30/h6-20,22,26,33H,5,21,23-24H2,1-4H3,(H,39,43)/t26-,33-/m1/s1. The zero-order valence-electron chi connectivity index (χ0n) is 26.8. The Balaban J connectivity index is 1.83. The molecule has 0 heterocycles. The van der Waals surface area contributed by atoms with Crippen molar-refractivity contribution in [2.45, 2.75) is 57.1 Å². The van der Waals surface area contributed by atoms with E-state index in [4.69, 9.17) is 16.3 Å². The van der Waals surface area contributed by atoms with Crippen LogP contribution in [0.1, 0.15) is 37.0 Å². The van der Waals surface area contributed by atoms with E-state index < -0.39 is 28.5 Å². The molecule has 0 radical (unpaired) electrons. The number of hydrogen-bond acceptors (Lipinski definition) is 5. The molecule has 0 saturated heterocycles. The Morgan fingerprint density at radius 2 is 1.62 bits per heavy atom. The summed E-state index contributed by atoms with van der Waals surface area (Å²) >= 11 is 9.96. The van der Waals surface area contributed by atoms with E-state index in [0.717, 1.165) is 15.4 Å². The molecule has 0 saturated carbocycles. The van der Waals surface area contributed by atoms with E-state index in [1.165, 1.54) is 24.1 Å². The number of anilines is 1. The molecular formula is C36H39BrClN3O5S. The summed E-state index contributed by atoms with van der Waals surface area (Å²) in [5.41, 5.74) is 2.70. The molecule has 2 atom stereocenters. The van der Waals surface area contributed by atoms with Crippen molar-refractivity contribution in [1.82, 2.24) is 10.2 Å². The lowest BCUT2D eigenvalue weighted by Crippen LogP contribution is -2.54. The second-order valence-corrected chi connectivity index (χ2v) is 14.4. The smallest absolute Gasteiger partial charge is 0.264 e. The van der Waals surface area contributed by atoms with Crippen LogP contribution in [0.25, 0.3) is 0 Å². The maximum absolute atomic E-state index is 14.6. The minimum Gasteiger partial charge on any atom is -0.496 e. The maximum atomic E-state index is 14.6. The summed E-state index contributed by atoms with van der Waals surface area (Å²) in [6, 6.07) is 26.7. The van der Waals surface area contributed by atoms with Crippen molar-refractivity contribution in [2.75, 3.05) is 18.0 Å². The topological polar surface area (TPSA) is 96.0 Å². The number of aryl methyl sites for hydroxylation is 1. The van der Waals surface area contributed by atoms with Gasteiger partial charge in [0.2, 0.25) is 11.8 Å². The molecule has 4 rings (SSSR count). The van der Waals surface area contributed by atoms with Crippen LogP contribution in [0, 0.1) is 6.92 Å². The number of ether oxygens (including phenoxy) is 1. The van der Waals surface area contributed by atoms with Gasteiger partial charge in [0.15, 0.2) is 0 Å². The van der Waals surface area contributed by atoms with Crippen LogP contribution in [-0.4, -0.2) is 50.9 Å². The van der Waals surface area contributed by atoms with E-state index >= 15 is 0 Å². The first-order chi connectivity index (χ1) is 22.4. The number of halogens is 2. The molecule has 0 aliphatic rings.